The molecule has 0 aliphatic rings. The number of carbonyl (C=O) groups is 1. The van der Waals surface area contributed by atoms with E-state index in [0.717, 1.165) is 30.0 Å². The predicted molar refractivity (Wildman–Crippen MR) is 85.2 cm³/mol. The first-order valence-electron chi connectivity index (χ1n) is 6.74. The Hall–Kier alpha value is -1.59. The van der Waals surface area contributed by atoms with E-state index in [1.54, 1.807) is 17.4 Å². The van der Waals surface area contributed by atoms with Crippen molar-refractivity contribution in [3.63, 3.8) is 0 Å². The number of aryl methyl sites for hydroxylation is 2. The van der Waals surface area contributed by atoms with Crippen LogP contribution in [0.5, 0.6) is 5.75 Å². The van der Waals surface area contributed by atoms with Crippen molar-refractivity contribution < 1.29 is 9.90 Å². The van der Waals surface area contributed by atoms with Gasteiger partial charge in [-0.05, 0) is 44.4 Å². The maximum Gasteiger partial charge on any atom is 0.255 e. The summed E-state index contributed by atoms with van der Waals surface area (Å²) in [5.41, 5.74) is 1.26. The second-order valence-electron chi connectivity index (χ2n) is 4.76. The number of nitrogens with zero attached hydrogens (tertiary/aromatic N) is 1. The van der Waals surface area contributed by atoms with Crippen LogP contribution in [-0.2, 0) is 6.42 Å². The van der Waals surface area contributed by atoms with Crippen LogP contribution in [0.25, 0.3) is 0 Å². The Balaban J connectivity index is 1.73. The van der Waals surface area contributed by atoms with E-state index in [4.69, 9.17) is 11.6 Å². The van der Waals surface area contributed by atoms with Gasteiger partial charge in [-0.25, -0.2) is 4.98 Å². The van der Waals surface area contributed by atoms with Gasteiger partial charge >= 0.3 is 0 Å². The molecule has 2 aromatic rings. The summed E-state index contributed by atoms with van der Waals surface area (Å²) >= 11 is 7.49. The highest BCUT2D eigenvalue weighted by Crippen LogP contribution is 2.21. The lowest BCUT2D eigenvalue weighted by Crippen LogP contribution is -2.24. The van der Waals surface area contributed by atoms with Crippen molar-refractivity contribution in [1.29, 1.82) is 0 Å². The normalized spacial score (nSPS) is 10.6. The van der Waals surface area contributed by atoms with E-state index in [1.165, 1.54) is 12.1 Å². The first-order valence-corrected chi connectivity index (χ1v) is 8.00. The Morgan fingerprint density at radius 1 is 1.43 bits per heavy atom. The molecule has 0 saturated heterocycles. The third-order valence-electron chi connectivity index (χ3n) is 2.97. The van der Waals surface area contributed by atoms with E-state index in [-0.39, 0.29) is 17.2 Å². The number of aromatic nitrogens is 1. The Morgan fingerprint density at radius 2 is 2.24 bits per heavy atom. The van der Waals surface area contributed by atoms with E-state index in [9.17, 15) is 9.90 Å². The Bertz CT molecular complexity index is 628. The van der Waals surface area contributed by atoms with E-state index in [1.807, 2.05) is 12.3 Å². The van der Waals surface area contributed by atoms with Crippen molar-refractivity contribution in [1.82, 2.24) is 10.3 Å². The van der Waals surface area contributed by atoms with Crippen LogP contribution in [0, 0.1) is 6.92 Å². The summed E-state index contributed by atoms with van der Waals surface area (Å²) in [6.45, 7) is 2.55. The number of halogens is 1. The quantitative estimate of drug-likeness (QED) is 0.799. The van der Waals surface area contributed by atoms with Crippen molar-refractivity contribution in [2.45, 2.75) is 26.2 Å². The number of hydrogen-bond donors (Lipinski definition) is 2. The van der Waals surface area contributed by atoms with Crippen molar-refractivity contribution in [3.8, 4) is 5.75 Å². The lowest BCUT2D eigenvalue weighted by atomic mass is 10.2. The zero-order valence-corrected chi connectivity index (χ0v) is 13.3. The first-order chi connectivity index (χ1) is 10.1. The van der Waals surface area contributed by atoms with Gasteiger partial charge < -0.3 is 10.4 Å². The molecule has 0 fully saturated rings. The molecule has 0 radical (unpaired) electrons. The third kappa shape index (κ3) is 4.72. The second-order valence-corrected chi connectivity index (χ2v) is 6.14. The van der Waals surface area contributed by atoms with E-state index in [2.05, 4.69) is 10.3 Å². The summed E-state index contributed by atoms with van der Waals surface area (Å²) in [6.07, 6.45) is 2.76. The summed E-state index contributed by atoms with van der Waals surface area (Å²) < 4.78 is 0. The van der Waals surface area contributed by atoms with Crippen LogP contribution in [0.1, 0.15) is 33.9 Å². The zero-order chi connectivity index (χ0) is 15.2. The topological polar surface area (TPSA) is 62.2 Å². The summed E-state index contributed by atoms with van der Waals surface area (Å²) in [6, 6.07) is 4.43. The van der Waals surface area contributed by atoms with Crippen LogP contribution < -0.4 is 5.32 Å². The monoisotopic (exact) mass is 324 g/mol. The maximum absolute atomic E-state index is 11.9. The minimum Gasteiger partial charge on any atom is -0.507 e. The Morgan fingerprint density at radius 3 is 2.95 bits per heavy atom. The largest absolute Gasteiger partial charge is 0.507 e. The van der Waals surface area contributed by atoms with Crippen LogP contribution in [0.4, 0.5) is 0 Å². The molecular formula is C15H17ClN2O2S. The number of benzene rings is 1. The number of aromatic hydroxyl groups is 1. The Kier molecular flexibility index (Phi) is 5.59. The van der Waals surface area contributed by atoms with Crippen molar-refractivity contribution in [2.75, 3.05) is 6.54 Å². The fraction of sp³-hybridized carbons (Fsp3) is 0.333. The molecule has 6 heteroatoms. The Labute approximate surface area is 132 Å². The van der Waals surface area contributed by atoms with Gasteiger partial charge in [-0.15, -0.1) is 11.3 Å². The van der Waals surface area contributed by atoms with Crippen LogP contribution >= 0.6 is 22.9 Å². The fourth-order valence-corrected chi connectivity index (χ4v) is 2.90. The molecular weight excluding hydrogens is 308 g/mol. The standard InChI is InChI=1S/C15H17ClN2O2S/c1-10-9-21-14(18-10)4-2-3-7-17-15(20)12-8-11(16)5-6-13(12)19/h5-6,8-9,19H,2-4,7H2,1H3,(H,17,20). The number of rotatable bonds is 6. The molecule has 0 aliphatic carbocycles. The van der Waals surface area contributed by atoms with Crippen molar-refractivity contribution in [2.24, 2.45) is 0 Å². The number of unbranched alkanes of at least 4 members (excludes halogenated alkanes) is 1. The van der Waals surface area contributed by atoms with E-state index in [0.29, 0.717) is 11.6 Å². The van der Waals surface area contributed by atoms with Crippen molar-refractivity contribution >= 4 is 28.8 Å². The highest BCUT2D eigenvalue weighted by molar-refractivity contribution is 7.09. The summed E-state index contributed by atoms with van der Waals surface area (Å²) in [5, 5.41) is 16.0. The lowest BCUT2D eigenvalue weighted by molar-refractivity contribution is 0.0950. The highest BCUT2D eigenvalue weighted by Gasteiger charge is 2.10. The molecule has 4 nitrogen and oxygen atoms in total. The average Bonchev–Trinajstić information content (AvgIpc) is 2.86. The zero-order valence-electron chi connectivity index (χ0n) is 11.7. The molecule has 112 valence electrons. The number of hydrogen-bond acceptors (Lipinski definition) is 4. The number of thiazole rings is 1. The summed E-state index contributed by atoms with van der Waals surface area (Å²) in [4.78, 5) is 16.3. The van der Waals surface area contributed by atoms with Gasteiger partial charge in [-0.2, -0.15) is 0 Å². The van der Waals surface area contributed by atoms with Gasteiger partial charge in [0.15, 0.2) is 0 Å². The van der Waals surface area contributed by atoms with Gasteiger partial charge in [0, 0.05) is 22.6 Å². The first kappa shape index (κ1) is 15.8. The molecule has 2 rings (SSSR count). The van der Waals surface area contributed by atoms with Crippen LogP contribution in [0.2, 0.25) is 5.02 Å². The summed E-state index contributed by atoms with van der Waals surface area (Å²) in [5.74, 6) is -0.366. The molecule has 0 unspecified atom stereocenters. The maximum atomic E-state index is 11.9. The fourth-order valence-electron chi connectivity index (χ4n) is 1.91. The number of amides is 1. The molecule has 1 aromatic heterocycles. The average molecular weight is 325 g/mol. The van der Waals surface area contributed by atoms with Crippen LogP contribution in [-0.4, -0.2) is 22.5 Å². The minimum atomic E-state index is -0.305. The summed E-state index contributed by atoms with van der Waals surface area (Å²) in [7, 11) is 0. The SMILES string of the molecule is Cc1csc(CCCCNC(=O)c2cc(Cl)ccc2O)n1. The minimum absolute atomic E-state index is 0.0600. The predicted octanol–water partition coefficient (Wildman–Crippen LogP) is 3.56. The third-order valence-corrected chi connectivity index (χ3v) is 4.23. The van der Waals surface area contributed by atoms with Gasteiger partial charge in [-0.3, -0.25) is 4.79 Å². The second kappa shape index (κ2) is 7.43. The smallest absolute Gasteiger partial charge is 0.255 e. The lowest BCUT2D eigenvalue weighted by Gasteiger charge is -2.07. The molecule has 0 atom stereocenters. The van der Waals surface area contributed by atoms with Gasteiger partial charge in [0.2, 0.25) is 0 Å². The van der Waals surface area contributed by atoms with Gasteiger partial charge in [0.05, 0.1) is 10.6 Å². The molecule has 0 aliphatic heterocycles. The number of nitrogens with one attached hydrogen (secondary N) is 1. The molecule has 1 heterocycles. The van der Waals surface area contributed by atoms with Gasteiger partial charge in [-0.1, -0.05) is 11.6 Å². The van der Waals surface area contributed by atoms with Gasteiger partial charge in [0.1, 0.15) is 5.75 Å². The molecule has 1 aromatic carbocycles. The van der Waals surface area contributed by atoms with Crippen LogP contribution in [0.15, 0.2) is 23.6 Å². The number of carbonyl (C=O) groups excluding carboxylic acids is 1. The molecule has 2 N–H and O–H groups in total. The van der Waals surface area contributed by atoms with Gasteiger partial charge in [0.25, 0.3) is 5.91 Å². The molecule has 0 spiro atoms. The number of phenolic OH excluding ortho intramolecular Hbond substituents is 1. The molecule has 21 heavy (non-hydrogen) atoms. The van der Waals surface area contributed by atoms with Crippen molar-refractivity contribution in [3.05, 3.63) is 44.9 Å². The molecule has 0 saturated carbocycles. The molecule has 1 amide bonds. The van der Waals surface area contributed by atoms with E-state index >= 15 is 0 Å². The van der Waals surface area contributed by atoms with E-state index < -0.39 is 0 Å². The highest BCUT2D eigenvalue weighted by atomic mass is 35.5. The number of phenols is 1. The van der Waals surface area contributed by atoms with Crippen LogP contribution in [0.3, 0.4) is 0 Å². The molecule has 0 bridgehead atoms.